The molecule has 3 nitrogen and oxygen atoms in total. The van der Waals surface area contributed by atoms with Crippen LogP contribution in [0.4, 0.5) is 0 Å². The zero-order valence-electron chi connectivity index (χ0n) is 9.69. The summed E-state index contributed by atoms with van der Waals surface area (Å²) >= 11 is 0. The zero-order chi connectivity index (χ0) is 11.4. The number of hydrogen-bond donors (Lipinski definition) is 1. The minimum atomic E-state index is 0.173. The van der Waals surface area contributed by atoms with E-state index in [0.29, 0.717) is 0 Å². The van der Waals surface area contributed by atoms with E-state index in [0.717, 1.165) is 30.1 Å². The van der Waals surface area contributed by atoms with Crippen LogP contribution in [0.25, 0.3) is 0 Å². The summed E-state index contributed by atoms with van der Waals surface area (Å²) < 4.78 is 11.1. The predicted molar refractivity (Wildman–Crippen MR) is 62.3 cm³/mol. The zero-order valence-corrected chi connectivity index (χ0v) is 9.69. The summed E-state index contributed by atoms with van der Waals surface area (Å²) in [6.07, 6.45) is 3.43. The molecule has 0 saturated heterocycles. The van der Waals surface area contributed by atoms with Gasteiger partial charge in [-0.1, -0.05) is 6.92 Å². The van der Waals surface area contributed by atoms with Gasteiger partial charge in [0.2, 0.25) is 0 Å². The molecular formula is C13H17NO2. The Kier molecular flexibility index (Phi) is 3.47. The number of furan rings is 2. The van der Waals surface area contributed by atoms with Crippen LogP contribution in [0.5, 0.6) is 0 Å². The van der Waals surface area contributed by atoms with Crippen LogP contribution < -0.4 is 5.32 Å². The van der Waals surface area contributed by atoms with E-state index in [1.807, 2.05) is 31.3 Å². The van der Waals surface area contributed by atoms with E-state index in [1.54, 1.807) is 6.26 Å². The Labute approximate surface area is 95.5 Å². The van der Waals surface area contributed by atoms with Crippen LogP contribution in [0.1, 0.15) is 30.2 Å². The average molecular weight is 219 g/mol. The summed E-state index contributed by atoms with van der Waals surface area (Å²) in [6, 6.07) is 8.12. The predicted octanol–water partition coefficient (Wildman–Crippen LogP) is 2.94. The molecule has 0 fully saturated rings. The lowest BCUT2D eigenvalue weighted by Gasteiger charge is -2.11. The summed E-state index contributed by atoms with van der Waals surface area (Å²) in [4.78, 5) is 0. The van der Waals surface area contributed by atoms with Crippen LogP contribution >= 0.6 is 0 Å². The molecule has 0 aliphatic rings. The quantitative estimate of drug-likeness (QED) is 0.840. The minimum Gasteiger partial charge on any atom is -0.469 e. The lowest BCUT2D eigenvalue weighted by Crippen LogP contribution is -2.17. The average Bonchev–Trinajstić information content (AvgIpc) is 2.96. The highest BCUT2D eigenvalue weighted by Crippen LogP contribution is 2.21. The van der Waals surface area contributed by atoms with Gasteiger partial charge in [-0.2, -0.15) is 0 Å². The highest BCUT2D eigenvalue weighted by molar-refractivity contribution is 5.13. The monoisotopic (exact) mass is 219 g/mol. The van der Waals surface area contributed by atoms with E-state index in [1.165, 1.54) is 0 Å². The standard InChI is InChI=1S/C13H17NO2/c1-3-10-6-7-13(16-10)12(14-2)9-11-5-4-8-15-11/h4-8,12,14H,3,9H2,1-2H3. The number of rotatable bonds is 5. The second-order valence-corrected chi connectivity index (χ2v) is 3.78. The third-order valence-electron chi connectivity index (χ3n) is 2.71. The number of likely N-dealkylation sites (N-methyl/N-ethyl adjacent to an activating group) is 1. The van der Waals surface area contributed by atoms with E-state index in [9.17, 15) is 0 Å². The van der Waals surface area contributed by atoms with Crippen LogP contribution in [-0.4, -0.2) is 7.05 Å². The van der Waals surface area contributed by atoms with Crippen molar-refractivity contribution in [3.63, 3.8) is 0 Å². The van der Waals surface area contributed by atoms with Gasteiger partial charge in [-0.15, -0.1) is 0 Å². The third kappa shape index (κ3) is 2.36. The van der Waals surface area contributed by atoms with Crippen molar-refractivity contribution >= 4 is 0 Å². The first-order chi connectivity index (χ1) is 7.83. The smallest absolute Gasteiger partial charge is 0.121 e. The van der Waals surface area contributed by atoms with E-state index >= 15 is 0 Å². The first kappa shape index (κ1) is 11.0. The van der Waals surface area contributed by atoms with Gasteiger partial charge in [0.1, 0.15) is 17.3 Å². The normalized spacial score (nSPS) is 12.9. The van der Waals surface area contributed by atoms with Crippen molar-refractivity contribution in [1.29, 1.82) is 0 Å². The SMILES string of the molecule is CCc1ccc(C(Cc2ccco2)NC)o1. The molecule has 1 unspecified atom stereocenters. The highest BCUT2D eigenvalue weighted by atomic mass is 16.3. The third-order valence-corrected chi connectivity index (χ3v) is 2.71. The Morgan fingerprint density at radius 2 is 2.12 bits per heavy atom. The Bertz CT molecular complexity index is 417. The molecular weight excluding hydrogens is 202 g/mol. The van der Waals surface area contributed by atoms with Crippen molar-refractivity contribution in [2.75, 3.05) is 7.05 Å². The Morgan fingerprint density at radius 1 is 1.25 bits per heavy atom. The van der Waals surface area contributed by atoms with Crippen LogP contribution in [0.15, 0.2) is 39.4 Å². The second-order valence-electron chi connectivity index (χ2n) is 3.78. The van der Waals surface area contributed by atoms with Gasteiger partial charge in [-0.05, 0) is 31.3 Å². The molecule has 3 heteroatoms. The first-order valence-corrected chi connectivity index (χ1v) is 5.61. The molecule has 0 radical (unpaired) electrons. The van der Waals surface area contributed by atoms with Crippen molar-refractivity contribution in [1.82, 2.24) is 5.32 Å². The molecule has 2 rings (SSSR count). The van der Waals surface area contributed by atoms with Gasteiger partial charge in [-0.3, -0.25) is 0 Å². The molecule has 0 aliphatic carbocycles. The molecule has 1 N–H and O–H groups in total. The van der Waals surface area contributed by atoms with Gasteiger partial charge in [0, 0.05) is 12.8 Å². The summed E-state index contributed by atoms with van der Waals surface area (Å²) in [5, 5.41) is 3.24. The molecule has 16 heavy (non-hydrogen) atoms. The highest BCUT2D eigenvalue weighted by Gasteiger charge is 2.15. The Hall–Kier alpha value is -1.48. The maximum atomic E-state index is 5.73. The lowest BCUT2D eigenvalue weighted by atomic mass is 10.1. The van der Waals surface area contributed by atoms with Gasteiger partial charge >= 0.3 is 0 Å². The minimum absolute atomic E-state index is 0.173. The fourth-order valence-electron chi connectivity index (χ4n) is 1.75. The van der Waals surface area contributed by atoms with Crippen molar-refractivity contribution < 1.29 is 8.83 Å². The summed E-state index contributed by atoms with van der Waals surface area (Å²) in [5.41, 5.74) is 0. The topological polar surface area (TPSA) is 38.3 Å². The number of hydrogen-bond acceptors (Lipinski definition) is 3. The van der Waals surface area contributed by atoms with Crippen LogP contribution in [-0.2, 0) is 12.8 Å². The van der Waals surface area contributed by atoms with E-state index in [-0.39, 0.29) is 6.04 Å². The van der Waals surface area contributed by atoms with Gasteiger partial charge < -0.3 is 14.2 Å². The van der Waals surface area contributed by atoms with Crippen molar-refractivity contribution in [3.8, 4) is 0 Å². The molecule has 0 saturated carbocycles. The number of aryl methyl sites for hydroxylation is 1. The Morgan fingerprint density at radius 3 is 2.69 bits per heavy atom. The van der Waals surface area contributed by atoms with Gasteiger partial charge in [-0.25, -0.2) is 0 Å². The van der Waals surface area contributed by atoms with E-state index in [4.69, 9.17) is 8.83 Å². The molecule has 0 aromatic carbocycles. The molecule has 0 aliphatic heterocycles. The van der Waals surface area contributed by atoms with Gasteiger partial charge in [0.05, 0.1) is 12.3 Å². The van der Waals surface area contributed by atoms with Crippen LogP contribution in [0.3, 0.4) is 0 Å². The maximum absolute atomic E-state index is 5.73. The maximum Gasteiger partial charge on any atom is 0.121 e. The van der Waals surface area contributed by atoms with Crippen LogP contribution in [0.2, 0.25) is 0 Å². The van der Waals surface area contributed by atoms with Gasteiger partial charge in [0.15, 0.2) is 0 Å². The molecule has 86 valence electrons. The van der Waals surface area contributed by atoms with Crippen LogP contribution in [0, 0.1) is 0 Å². The molecule has 2 heterocycles. The fraction of sp³-hybridized carbons (Fsp3) is 0.385. The van der Waals surface area contributed by atoms with Gasteiger partial charge in [0.25, 0.3) is 0 Å². The molecule has 2 aromatic heterocycles. The van der Waals surface area contributed by atoms with Crippen molar-refractivity contribution in [3.05, 3.63) is 47.8 Å². The molecule has 0 bridgehead atoms. The Balaban J connectivity index is 2.10. The molecule has 1 atom stereocenters. The van der Waals surface area contributed by atoms with E-state index in [2.05, 4.69) is 12.2 Å². The largest absolute Gasteiger partial charge is 0.469 e. The van der Waals surface area contributed by atoms with Crippen molar-refractivity contribution in [2.45, 2.75) is 25.8 Å². The van der Waals surface area contributed by atoms with E-state index < -0.39 is 0 Å². The summed E-state index contributed by atoms with van der Waals surface area (Å²) in [7, 11) is 1.93. The summed E-state index contributed by atoms with van der Waals surface area (Å²) in [6.45, 7) is 2.09. The molecule has 0 amide bonds. The van der Waals surface area contributed by atoms with Crippen molar-refractivity contribution in [2.24, 2.45) is 0 Å². The molecule has 0 spiro atoms. The molecule has 2 aromatic rings. The first-order valence-electron chi connectivity index (χ1n) is 5.61. The number of nitrogens with one attached hydrogen (secondary N) is 1. The summed E-state index contributed by atoms with van der Waals surface area (Å²) in [5.74, 6) is 2.96. The fourth-order valence-corrected chi connectivity index (χ4v) is 1.75. The second kappa shape index (κ2) is 5.03. The lowest BCUT2D eigenvalue weighted by molar-refractivity contribution is 0.386.